The normalized spacial score (nSPS) is 10.9. The fourth-order valence-electron chi connectivity index (χ4n) is 2.44. The molecule has 0 radical (unpaired) electrons. The van der Waals surface area contributed by atoms with Crippen molar-refractivity contribution in [2.24, 2.45) is 5.73 Å². The van der Waals surface area contributed by atoms with E-state index in [9.17, 15) is 4.79 Å². The molecule has 0 aliphatic heterocycles. The lowest BCUT2D eigenvalue weighted by Gasteiger charge is -2.24. The monoisotopic (exact) mass is 304 g/mol. The molecule has 22 heavy (non-hydrogen) atoms. The molecule has 0 amide bonds. The minimum atomic E-state index is -0.156. The number of fused-ring (bicyclic) bond motifs is 1. The molecule has 6 nitrogen and oxygen atoms in total. The molecule has 0 unspecified atom stereocenters. The van der Waals surface area contributed by atoms with E-state index in [4.69, 9.17) is 10.5 Å². The Morgan fingerprint density at radius 1 is 1.36 bits per heavy atom. The molecule has 3 N–H and O–H groups in total. The summed E-state index contributed by atoms with van der Waals surface area (Å²) in [6, 6.07) is 6.07. The Kier molecular flexibility index (Phi) is 5.77. The summed E-state index contributed by atoms with van der Waals surface area (Å²) < 4.78 is 5.00. The van der Waals surface area contributed by atoms with Crippen molar-refractivity contribution in [2.75, 3.05) is 24.6 Å². The number of ether oxygens (including phenoxy) is 1. The topological polar surface area (TPSA) is 84.2 Å². The molecule has 0 bridgehead atoms. The number of anilines is 1. The quantitative estimate of drug-likeness (QED) is 0.730. The van der Waals surface area contributed by atoms with E-state index in [1.54, 1.807) is 0 Å². The number of nitrogens with two attached hydrogens (primary N) is 1. The molecule has 120 valence electrons. The van der Waals surface area contributed by atoms with Gasteiger partial charge in [0.2, 0.25) is 0 Å². The van der Waals surface area contributed by atoms with Crippen LogP contribution in [0, 0.1) is 0 Å². The number of H-pyrrole nitrogens is 1. The van der Waals surface area contributed by atoms with E-state index in [0.29, 0.717) is 26.1 Å². The van der Waals surface area contributed by atoms with Gasteiger partial charge in [0.05, 0.1) is 30.6 Å². The molecule has 6 heteroatoms. The van der Waals surface area contributed by atoms with Gasteiger partial charge in [-0.05, 0) is 31.5 Å². The summed E-state index contributed by atoms with van der Waals surface area (Å²) in [4.78, 5) is 21.4. The fraction of sp³-hybridized carbons (Fsp3) is 0.500. The number of esters is 1. The Balaban J connectivity index is 2.14. The molecule has 0 aliphatic rings. The highest BCUT2D eigenvalue weighted by atomic mass is 16.5. The molecule has 0 atom stereocenters. The summed E-state index contributed by atoms with van der Waals surface area (Å²) in [6.07, 6.45) is 1.40. The van der Waals surface area contributed by atoms with Crippen LogP contribution in [0.15, 0.2) is 18.2 Å². The number of carbonyl (C=O) groups is 1. The molecule has 1 heterocycles. The number of hydrogen-bond acceptors (Lipinski definition) is 5. The van der Waals surface area contributed by atoms with E-state index in [1.807, 2.05) is 19.1 Å². The number of carbonyl (C=O) groups excluding carboxylic acids is 1. The molecule has 0 aliphatic carbocycles. The van der Waals surface area contributed by atoms with Gasteiger partial charge in [0.25, 0.3) is 0 Å². The van der Waals surface area contributed by atoms with Gasteiger partial charge in [0.15, 0.2) is 0 Å². The van der Waals surface area contributed by atoms with Crippen molar-refractivity contribution in [1.82, 2.24) is 9.97 Å². The van der Waals surface area contributed by atoms with Crippen LogP contribution in [0.4, 0.5) is 5.69 Å². The third-order valence-corrected chi connectivity index (χ3v) is 3.46. The van der Waals surface area contributed by atoms with Gasteiger partial charge >= 0.3 is 5.97 Å². The summed E-state index contributed by atoms with van der Waals surface area (Å²) in [6.45, 7) is 6.31. The van der Waals surface area contributed by atoms with Crippen LogP contribution in [0.2, 0.25) is 0 Å². The average molecular weight is 304 g/mol. The second-order valence-electron chi connectivity index (χ2n) is 5.13. The van der Waals surface area contributed by atoms with Crippen LogP contribution in [0.5, 0.6) is 0 Å². The first-order chi connectivity index (χ1) is 10.7. The van der Waals surface area contributed by atoms with E-state index < -0.39 is 0 Å². The van der Waals surface area contributed by atoms with Crippen molar-refractivity contribution in [3.8, 4) is 0 Å². The number of aromatic amines is 1. The predicted octanol–water partition coefficient (Wildman–Crippen LogP) is 2.19. The Morgan fingerprint density at radius 3 is 2.86 bits per heavy atom. The zero-order valence-corrected chi connectivity index (χ0v) is 13.3. The van der Waals surface area contributed by atoms with Crippen LogP contribution in [0.25, 0.3) is 11.0 Å². The number of imidazole rings is 1. The van der Waals surface area contributed by atoms with Gasteiger partial charge in [0, 0.05) is 18.8 Å². The lowest BCUT2D eigenvalue weighted by Crippen LogP contribution is -2.27. The number of nitrogens with zero attached hydrogens (tertiary/aromatic N) is 2. The predicted molar refractivity (Wildman–Crippen MR) is 87.7 cm³/mol. The Bertz CT molecular complexity index is 624. The van der Waals surface area contributed by atoms with Gasteiger partial charge in [-0.25, -0.2) is 4.98 Å². The summed E-state index contributed by atoms with van der Waals surface area (Å²) in [7, 11) is 0. The van der Waals surface area contributed by atoms with E-state index in [-0.39, 0.29) is 5.97 Å². The van der Waals surface area contributed by atoms with Crippen molar-refractivity contribution in [3.63, 3.8) is 0 Å². The lowest BCUT2D eigenvalue weighted by molar-refractivity contribution is -0.142. The molecular weight excluding hydrogens is 280 g/mol. The summed E-state index contributed by atoms with van der Waals surface area (Å²) in [5.41, 5.74) is 8.56. The van der Waals surface area contributed by atoms with Crippen LogP contribution in [-0.4, -0.2) is 35.6 Å². The highest BCUT2D eigenvalue weighted by Crippen LogP contribution is 2.21. The van der Waals surface area contributed by atoms with E-state index in [1.165, 1.54) is 0 Å². The lowest BCUT2D eigenvalue weighted by atomic mass is 10.2. The molecule has 1 aromatic carbocycles. The minimum Gasteiger partial charge on any atom is -0.466 e. The van der Waals surface area contributed by atoms with E-state index in [2.05, 4.69) is 27.9 Å². The molecule has 1 aromatic heterocycles. The third kappa shape index (κ3) is 3.98. The summed E-state index contributed by atoms with van der Waals surface area (Å²) in [5.74, 6) is 0.623. The molecular formula is C16H24N4O2. The number of aromatic nitrogens is 2. The zero-order chi connectivity index (χ0) is 15.9. The third-order valence-electron chi connectivity index (χ3n) is 3.46. The minimum absolute atomic E-state index is 0.156. The highest BCUT2D eigenvalue weighted by Gasteiger charge is 2.11. The summed E-state index contributed by atoms with van der Waals surface area (Å²) in [5, 5.41) is 0. The van der Waals surface area contributed by atoms with Gasteiger partial charge in [-0.2, -0.15) is 0 Å². The maximum Gasteiger partial charge on any atom is 0.307 e. The smallest absolute Gasteiger partial charge is 0.307 e. The van der Waals surface area contributed by atoms with Crippen LogP contribution in [0.1, 0.15) is 32.5 Å². The molecule has 2 rings (SSSR count). The van der Waals surface area contributed by atoms with E-state index >= 15 is 0 Å². The van der Waals surface area contributed by atoms with Gasteiger partial charge < -0.3 is 20.4 Å². The first-order valence-corrected chi connectivity index (χ1v) is 7.77. The molecule has 0 saturated heterocycles. The van der Waals surface area contributed by atoms with Crippen LogP contribution < -0.4 is 10.6 Å². The maximum atomic E-state index is 11.6. The first kappa shape index (κ1) is 16.3. The van der Waals surface area contributed by atoms with Crippen LogP contribution >= 0.6 is 0 Å². The van der Waals surface area contributed by atoms with Crippen LogP contribution in [0.3, 0.4) is 0 Å². The standard InChI is InChI=1S/C16H24N4O2/c1-3-8-20(9-7-16(21)22-4-2)12-5-6-13-14(10-12)19-15(11-17)18-13/h5-6,10H,3-4,7-9,11,17H2,1-2H3,(H,18,19). The first-order valence-electron chi connectivity index (χ1n) is 7.77. The van der Waals surface area contributed by atoms with Gasteiger partial charge in [0.1, 0.15) is 5.82 Å². The van der Waals surface area contributed by atoms with Gasteiger partial charge in [-0.1, -0.05) is 6.92 Å². The molecule has 2 aromatic rings. The molecule has 0 spiro atoms. The van der Waals surface area contributed by atoms with Crippen molar-refractivity contribution in [2.45, 2.75) is 33.2 Å². The Labute approximate surface area is 130 Å². The average Bonchev–Trinajstić information content (AvgIpc) is 2.93. The molecule has 0 fully saturated rings. The fourth-order valence-corrected chi connectivity index (χ4v) is 2.44. The zero-order valence-electron chi connectivity index (χ0n) is 13.3. The summed E-state index contributed by atoms with van der Waals surface area (Å²) >= 11 is 0. The molecule has 0 saturated carbocycles. The maximum absolute atomic E-state index is 11.6. The van der Waals surface area contributed by atoms with Crippen molar-refractivity contribution < 1.29 is 9.53 Å². The van der Waals surface area contributed by atoms with E-state index in [0.717, 1.165) is 35.5 Å². The Hall–Kier alpha value is -2.08. The number of rotatable bonds is 8. The Morgan fingerprint density at radius 2 is 2.18 bits per heavy atom. The number of hydrogen-bond donors (Lipinski definition) is 2. The van der Waals surface area contributed by atoms with Crippen molar-refractivity contribution in [3.05, 3.63) is 24.0 Å². The number of benzene rings is 1. The SMILES string of the molecule is CCCN(CCC(=O)OCC)c1ccc2nc(CN)[nH]c2c1. The van der Waals surface area contributed by atoms with Gasteiger partial charge in [-0.3, -0.25) is 4.79 Å². The van der Waals surface area contributed by atoms with Crippen LogP contribution in [-0.2, 0) is 16.1 Å². The van der Waals surface area contributed by atoms with Gasteiger partial charge in [-0.15, -0.1) is 0 Å². The van der Waals surface area contributed by atoms with Crippen molar-refractivity contribution in [1.29, 1.82) is 0 Å². The van der Waals surface area contributed by atoms with Crippen molar-refractivity contribution >= 4 is 22.7 Å². The second-order valence-corrected chi connectivity index (χ2v) is 5.13. The second kappa shape index (κ2) is 7.79. The largest absolute Gasteiger partial charge is 0.466 e. The highest BCUT2D eigenvalue weighted by molar-refractivity contribution is 5.80. The number of nitrogens with one attached hydrogen (secondary N) is 1.